The number of morpholine rings is 1. The molecule has 0 radical (unpaired) electrons. The summed E-state index contributed by atoms with van der Waals surface area (Å²) in [5.41, 5.74) is 14.0. The monoisotopic (exact) mass is 235 g/mol. The predicted octanol–water partition coefficient (Wildman–Crippen LogP) is 0.268. The molecule has 1 amide bonds. The number of nitrogens with two attached hydrogens (primary N) is 2. The normalized spacial score (nSPS) is 20.3. The molecule has 1 saturated heterocycles. The van der Waals surface area contributed by atoms with Crippen molar-refractivity contribution in [2.75, 3.05) is 30.4 Å². The number of carbonyl (C=O) groups excluding carboxylic acids is 1. The molecule has 5 nitrogen and oxygen atoms in total. The number of rotatable bonds is 2. The van der Waals surface area contributed by atoms with Gasteiger partial charge in [-0.3, -0.25) is 4.79 Å². The Morgan fingerprint density at radius 3 is 2.94 bits per heavy atom. The first-order chi connectivity index (χ1) is 8.09. The zero-order valence-electron chi connectivity index (χ0n) is 9.85. The minimum atomic E-state index is -0.436. The van der Waals surface area contributed by atoms with E-state index < -0.39 is 6.04 Å². The predicted molar refractivity (Wildman–Crippen MR) is 66.7 cm³/mol. The van der Waals surface area contributed by atoms with E-state index in [4.69, 9.17) is 16.2 Å². The lowest BCUT2D eigenvalue weighted by molar-refractivity contribution is -0.121. The SMILES string of the molecule is Cc1ccc(N2CCOCC2C(N)=O)c(N)c1. The Labute approximate surface area is 100 Å². The number of hydrogen-bond donors (Lipinski definition) is 2. The maximum atomic E-state index is 11.4. The molecule has 1 unspecified atom stereocenters. The molecule has 1 atom stereocenters. The minimum Gasteiger partial charge on any atom is -0.397 e. The molecule has 92 valence electrons. The summed E-state index contributed by atoms with van der Waals surface area (Å²) in [6.45, 7) is 3.51. The molecule has 4 N–H and O–H groups in total. The molecule has 5 heteroatoms. The molecule has 2 rings (SSSR count). The summed E-state index contributed by atoms with van der Waals surface area (Å²) in [6, 6.07) is 5.35. The number of aryl methyl sites for hydroxylation is 1. The van der Waals surface area contributed by atoms with Gasteiger partial charge >= 0.3 is 0 Å². The van der Waals surface area contributed by atoms with E-state index in [2.05, 4.69) is 0 Å². The van der Waals surface area contributed by atoms with Gasteiger partial charge in [0.25, 0.3) is 0 Å². The van der Waals surface area contributed by atoms with Gasteiger partial charge in [0.05, 0.1) is 24.6 Å². The highest BCUT2D eigenvalue weighted by Gasteiger charge is 2.28. The summed E-state index contributed by atoms with van der Waals surface area (Å²) >= 11 is 0. The number of ether oxygens (including phenoxy) is 1. The second-order valence-corrected chi connectivity index (χ2v) is 4.25. The molecule has 0 aliphatic carbocycles. The van der Waals surface area contributed by atoms with Crippen LogP contribution < -0.4 is 16.4 Å². The van der Waals surface area contributed by atoms with Crippen molar-refractivity contribution < 1.29 is 9.53 Å². The first-order valence-corrected chi connectivity index (χ1v) is 5.59. The number of anilines is 2. The molecule has 0 bridgehead atoms. The fourth-order valence-electron chi connectivity index (χ4n) is 2.06. The highest BCUT2D eigenvalue weighted by Crippen LogP contribution is 2.27. The molecule has 1 aromatic carbocycles. The molecular formula is C12H17N3O2. The summed E-state index contributed by atoms with van der Waals surface area (Å²) in [4.78, 5) is 13.3. The Hall–Kier alpha value is -1.75. The van der Waals surface area contributed by atoms with Crippen molar-refractivity contribution in [3.05, 3.63) is 23.8 Å². The lowest BCUT2D eigenvalue weighted by atomic mass is 10.1. The van der Waals surface area contributed by atoms with Crippen molar-refractivity contribution in [3.63, 3.8) is 0 Å². The van der Waals surface area contributed by atoms with Gasteiger partial charge in [-0.2, -0.15) is 0 Å². The van der Waals surface area contributed by atoms with Gasteiger partial charge in [0.2, 0.25) is 5.91 Å². The Bertz CT molecular complexity index is 434. The highest BCUT2D eigenvalue weighted by atomic mass is 16.5. The van der Waals surface area contributed by atoms with E-state index in [1.165, 1.54) is 0 Å². The van der Waals surface area contributed by atoms with Crippen LogP contribution in [0, 0.1) is 6.92 Å². The van der Waals surface area contributed by atoms with Crippen LogP contribution in [0.3, 0.4) is 0 Å². The molecule has 0 spiro atoms. The molecule has 1 aliphatic rings. The third kappa shape index (κ3) is 2.34. The van der Waals surface area contributed by atoms with Gasteiger partial charge in [-0.1, -0.05) is 6.07 Å². The first-order valence-electron chi connectivity index (χ1n) is 5.59. The topological polar surface area (TPSA) is 81.6 Å². The van der Waals surface area contributed by atoms with Crippen LogP contribution in [-0.2, 0) is 9.53 Å². The van der Waals surface area contributed by atoms with E-state index in [1.807, 2.05) is 30.0 Å². The molecule has 0 aromatic heterocycles. The minimum absolute atomic E-state index is 0.322. The number of hydrogen-bond acceptors (Lipinski definition) is 4. The standard InChI is InChI=1S/C12H17N3O2/c1-8-2-3-10(9(13)6-8)15-4-5-17-7-11(15)12(14)16/h2-3,6,11H,4-5,7,13H2,1H3,(H2,14,16). The number of benzene rings is 1. The summed E-state index contributed by atoms with van der Waals surface area (Å²) in [5, 5.41) is 0. The van der Waals surface area contributed by atoms with Crippen LogP contribution in [0.15, 0.2) is 18.2 Å². The van der Waals surface area contributed by atoms with E-state index in [1.54, 1.807) is 0 Å². The van der Waals surface area contributed by atoms with Crippen LogP contribution in [0.1, 0.15) is 5.56 Å². The molecule has 1 aliphatic heterocycles. The molecular weight excluding hydrogens is 218 g/mol. The number of nitrogen functional groups attached to an aromatic ring is 1. The first kappa shape index (κ1) is 11.7. The average molecular weight is 235 g/mol. The van der Waals surface area contributed by atoms with E-state index in [-0.39, 0.29) is 5.91 Å². The van der Waals surface area contributed by atoms with Crippen LogP contribution >= 0.6 is 0 Å². The highest BCUT2D eigenvalue weighted by molar-refractivity contribution is 5.85. The van der Waals surface area contributed by atoms with Gasteiger partial charge in [0.15, 0.2) is 0 Å². The Balaban J connectivity index is 2.32. The Morgan fingerprint density at radius 2 is 2.29 bits per heavy atom. The van der Waals surface area contributed by atoms with Gasteiger partial charge in [-0.05, 0) is 24.6 Å². The van der Waals surface area contributed by atoms with Gasteiger partial charge in [0.1, 0.15) is 6.04 Å². The summed E-state index contributed by atoms with van der Waals surface area (Å²) in [7, 11) is 0. The van der Waals surface area contributed by atoms with E-state index in [0.717, 1.165) is 11.3 Å². The quantitative estimate of drug-likeness (QED) is 0.721. The van der Waals surface area contributed by atoms with E-state index in [0.29, 0.717) is 25.4 Å². The second-order valence-electron chi connectivity index (χ2n) is 4.25. The van der Waals surface area contributed by atoms with Crippen LogP contribution in [0.5, 0.6) is 0 Å². The third-order valence-corrected chi connectivity index (χ3v) is 2.95. The maximum absolute atomic E-state index is 11.4. The van der Waals surface area contributed by atoms with Crippen molar-refractivity contribution >= 4 is 17.3 Å². The van der Waals surface area contributed by atoms with E-state index in [9.17, 15) is 4.79 Å². The van der Waals surface area contributed by atoms with Crippen molar-refractivity contribution in [2.24, 2.45) is 5.73 Å². The zero-order chi connectivity index (χ0) is 12.4. The van der Waals surface area contributed by atoms with Crippen molar-refractivity contribution in [1.29, 1.82) is 0 Å². The molecule has 1 heterocycles. The van der Waals surface area contributed by atoms with Crippen LogP contribution in [0.4, 0.5) is 11.4 Å². The second kappa shape index (κ2) is 4.63. The number of amides is 1. The summed E-state index contributed by atoms with van der Waals surface area (Å²) < 4.78 is 5.28. The van der Waals surface area contributed by atoms with Gasteiger partial charge in [-0.25, -0.2) is 0 Å². The van der Waals surface area contributed by atoms with Crippen molar-refractivity contribution in [3.8, 4) is 0 Å². The molecule has 1 fully saturated rings. The maximum Gasteiger partial charge on any atom is 0.242 e. The lowest BCUT2D eigenvalue weighted by Gasteiger charge is -2.36. The number of primary amides is 1. The van der Waals surface area contributed by atoms with E-state index >= 15 is 0 Å². The Kier molecular flexibility index (Phi) is 3.19. The molecule has 17 heavy (non-hydrogen) atoms. The summed E-state index contributed by atoms with van der Waals surface area (Å²) in [5.74, 6) is -0.385. The third-order valence-electron chi connectivity index (χ3n) is 2.95. The average Bonchev–Trinajstić information content (AvgIpc) is 2.29. The van der Waals surface area contributed by atoms with Gasteiger partial charge < -0.3 is 21.1 Å². The van der Waals surface area contributed by atoms with Gasteiger partial charge in [0, 0.05) is 6.54 Å². The molecule has 1 aromatic rings. The smallest absolute Gasteiger partial charge is 0.242 e. The molecule has 0 saturated carbocycles. The number of carbonyl (C=O) groups is 1. The summed E-state index contributed by atoms with van der Waals surface area (Å²) in [6.07, 6.45) is 0. The van der Waals surface area contributed by atoms with Gasteiger partial charge in [-0.15, -0.1) is 0 Å². The lowest BCUT2D eigenvalue weighted by Crippen LogP contribution is -2.52. The van der Waals surface area contributed by atoms with Crippen LogP contribution in [0.2, 0.25) is 0 Å². The fraction of sp³-hybridized carbons (Fsp3) is 0.417. The number of nitrogens with zero attached hydrogens (tertiary/aromatic N) is 1. The largest absolute Gasteiger partial charge is 0.397 e. The fourth-order valence-corrected chi connectivity index (χ4v) is 2.06. The van der Waals surface area contributed by atoms with Crippen LogP contribution in [0.25, 0.3) is 0 Å². The Morgan fingerprint density at radius 1 is 1.53 bits per heavy atom. The zero-order valence-corrected chi connectivity index (χ0v) is 9.85. The van der Waals surface area contributed by atoms with Crippen LogP contribution in [-0.4, -0.2) is 31.7 Å². The van der Waals surface area contributed by atoms with Crippen molar-refractivity contribution in [2.45, 2.75) is 13.0 Å². The van der Waals surface area contributed by atoms with Crippen molar-refractivity contribution in [1.82, 2.24) is 0 Å².